The molecule has 1 saturated heterocycles. The molecule has 1 aliphatic heterocycles. The number of anilines is 2. The van der Waals surface area contributed by atoms with Crippen molar-refractivity contribution in [2.45, 2.75) is 0 Å². The lowest BCUT2D eigenvalue weighted by atomic mass is 10.3. The summed E-state index contributed by atoms with van der Waals surface area (Å²) in [5.41, 5.74) is 0. The minimum absolute atomic E-state index is 0.554. The van der Waals surface area contributed by atoms with Gasteiger partial charge in [0.2, 0.25) is 5.95 Å². The van der Waals surface area contributed by atoms with E-state index in [4.69, 9.17) is 16.6 Å². The van der Waals surface area contributed by atoms with Crippen molar-refractivity contribution in [3.8, 4) is 5.82 Å². The van der Waals surface area contributed by atoms with Gasteiger partial charge < -0.3 is 9.80 Å². The van der Waals surface area contributed by atoms with Gasteiger partial charge in [0, 0.05) is 38.6 Å². The second-order valence-corrected chi connectivity index (χ2v) is 5.94. The molecule has 1 aliphatic rings. The number of halogens is 1. The van der Waals surface area contributed by atoms with Gasteiger partial charge in [-0.15, -0.1) is 0 Å². The number of aromatic nitrogens is 5. The Morgan fingerprint density at radius 3 is 2.33 bits per heavy atom. The van der Waals surface area contributed by atoms with Crippen LogP contribution >= 0.6 is 11.6 Å². The van der Waals surface area contributed by atoms with Crippen molar-refractivity contribution in [3.63, 3.8) is 0 Å². The van der Waals surface area contributed by atoms with Gasteiger partial charge in [-0.05, 0) is 12.1 Å². The number of rotatable bonds is 3. The number of pyridine rings is 1. The van der Waals surface area contributed by atoms with Gasteiger partial charge in [-0.25, -0.2) is 19.9 Å². The molecule has 0 unspecified atom stereocenters. The Labute approximate surface area is 144 Å². The van der Waals surface area contributed by atoms with E-state index in [1.807, 2.05) is 29.0 Å². The number of nitrogens with zero attached hydrogens (tertiary/aromatic N) is 7. The summed E-state index contributed by atoms with van der Waals surface area (Å²) in [4.78, 5) is 21.8. The lowest BCUT2D eigenvalue weighted by Crippen LogP contribution is -2.47. The van der Waals surface area contributed by atoms with E-state index in [0.717, 1.165) is 43.8 Å². The lowest BCUT2D eigenvalue weighted by molar-refractivity contribution is 0.634. The molecule has 0 amide bonds. The molecule has 4 heterocycles. The molecule has 1 fully saturated rings. The maximum atomic E-state index is 5.84. The Bertz CT molecular complexity index is 796. The average Bonchev–Trinajstić information content (AvgIpc) is 3.17. The summed E-state index contributed by atoms with van der Waals surface area (Å²) < 4.78 is 1.90. The maximum absolute atomic E-state index is 5.84. The van der Waals surface area contributed by atoms with Crippen molar-refractivity contribution >= 4 is 23.4 Å². The Kier molecular flexibility index (Phi) is 4.00. The van der Waals surface area contributed by atoms with Crippen LogP contribution in [0.1, 0.15) is 0 Å². The molecule has 8 heteroatoms. The molecule has 4 rings (SSSR count). The number of hydrogen-bond acceptors (Lipinski definition) is 6. The summed E-state index contributed by atoms with van der Waals surface area (Å²) in [6, 6.07) is 6.03. The summed E-state index contributed by atoms with van der Waals surface area (Å²) in [6.45, 7) is 3.43. The van der Waals surface area contributed by atoms with Gasteiger partial charge >= 0.3 is 0 Å². The van der Waals surface area contributed by atoms with Gasteiger partial charge in [0.25, 0.3) is 0 Å². The topological polar surface area (TPSA) is 63.0 Å². The van der Waals surface area contributed by atoms with Crippen molar-refractivity contribution in [2.75, 3.05) is 36.0 Å². The van der Waals surface area contributed by atoms with Crippen LogP contribution in [0.4, 0.5) is 11.8 Å². The maximum Gasteiger partial charge on any atom is 0.225 e. The first kappa shape index (κ1) is 14.9. The van der Waals surface area contributed by atoms with E-state index in [-0.39, 0.29) is 0 Å². The number of hydrogen-bond donors (Lipinski definition) is 0. The number of piperazine rings is 1. The molecule has 0 aromatic carbocycles. The zero-order chi connectivity index (χ0) is 16.4. The fourth-order valence-corrected chi connectivity index (χ4v) is 2.83. The van der Waals surface area contributed by atoms with Gasteiger partial charge in [-0.1, -0.05) is 17.7 Å². The summed E-state index contributed by atoms with van der Waals surface area (Å²) in [6.07, 6.45) is 8.65. The van der Waals surface area contributed by atoms with Crippen LogP contribution in [-0.4, -0.2) is 50.7 Å². The standard InChI is InChI=1S/C16H16ClN7/c17-13-10-19-16(20-11-13)23-8-6-22(7-9-23)14-2-1-3-15(21-14)24-5-4-18-12-24/h1-5,10-12H,6-9H2. The van der Waals surface area contributed by atoms with E-state index in [1.165, 1.54) is 0 Å². The average molecular weight is 342 g/mol. The fourth-order valence-electron chi connectivity index (χ4n) is 2.73. The molecule has 0 spiro atoms. The molecule has 0 radical (unpaired) electrons. The Hall–Kier alpha value is -2.67. The molecular formula is C16H16ClN7. The molecule has 3 aromatic heterocycles. The number of imidazole rings is 1. The van der Waals surface area contributed by atoms with Crippen LogP contribution in [0, 0.1) is 0 Å². The van der Waals surface area contributed by atoms with Crippen molar-refractivity contribution in [1.82, 2.24) is 24.5 Å². The van der Waals surface area contributed by atoms with E-state index in [9.17, 15) is 0 Å². The molecule has 0 N–H and O–H groups in total. The molecular weight excluding hydrogens is 326 g/mol. The first-order valence-electron chi connectivity index (χ1n) is 7.72. The Morgan fingerprint density at radius 2 is 1.62 bits per heavy atom. The lowest BCUT2D eigenvalue weighted by Gasteiger charge is -2.35. The monoisotopic (exact) mass is 341 g/mol. The molecule has 0 bridgehead atoms. The first-order chi connectivity index (χ1) is 11.8. The predicted molar refractivity (Wildman–Crippen MR) is 92.8 cm³/mol. The zero-order valence-corrected chi connectivity index (χ0v) is 13.7. The third kappa shape index (κ3) is 3.03. The summed E-state index contributed by atoms with van der Waals surface area (Å²) in [5, 5.41) is 0.554. The van der Waals surface area contributed by atoms with Crippen LogP contribution in [-0.2, 0) is 0 Å². The first-order valence-corrected chi connectivity index (χ1v) is 8.10. The van der Waals surface area contributed by atoms with Gasteiger partial charge in [0.15, 0.2) is 0 Å². The van der Waals surface area contributed by atoms with Crippen molar-refractivity contribution in [1.29, 1.82) is 0 Å². The van der Waals surface area contributed by atoms with Crippen LogP contribution in [0.2, 0.25) is 5.02 Å². The SMILES string of the molecule is Clc1cnc(N2CCN(c3cccc(-n4ccnc4)n3)CC2)nc1. The summed E-state index contributed by atoms with van der Waals surface area (Å²) >= 11 is 5.84. The quantitative estimate of drug-likeness (QED) is 0.726. The van der Waals surface area contributed by atoms with Crippen LogP contribution in [0.25, 0.3) is 5.82 Å². The Balaban J connectivity index is 1.46. The van der Waals surface area contributed by atoms with E-state index >= 15 is 0 Å². The van der Waals surface area contributed by atoms with Crippen LogP contribution in [0.3, 0.4) is 0 Å². The van der Waals surface area contributed by atoms with Crippen molar-refractivity contribution < 1.29 is 0 Å². The summed E-state index contributed by atoms with van der Waals surface area (Å²) in [5.74, 6) is 2.56. The highest BCUT2D eigenvalue weighted by atomic mass is 35.5. The third-order valence-corrected chi connectivity index (χ3v) is 4.18. The Morgan fingerprint density at radius 1 is 0.917 bits per heavy atom. The molecule has 0 aliphatic carbocycles. The van der Waals surface area contributed by atoms with E-state index < -0.39 is 0 Å². The van der Waals surface area contributed by atoms with Crippen LogP contribution in [0.5, 0.6) is 0 Å². The molecule has 0 saturated carbocycles. The van der Waals surface area contributed by atoms with Crippen LogP contribution < -0.4 is 9.80 Å². The van der Waals surface area contributed by atoms with Gasteiger partial charge in [-0.3, -0.25) is 4.57 Å². The zero-order valence-electron chi connectivity index (χ0n) is 13.0. The highest BCUT2D eigenvalue weighted by Gasteiger charge is 2.20. The van der Waals surface area contributed by atoms with E-state index in [2.05, 4.69) is 24.8 Å². The van der Waals surface area contributed by atoms with Crippen molar-refractivity contribution in [3.05, 3.63) is 54.3 Å². The highest BCUT2D eigenvalue weighted by Crippen LogP contribution is 2.18. The largest absolute Gasteiger partial charge is 0.353 e. The van der Waals surface area contributed by atoms with Gasteiger partial charge in [0.05, 0.1) is 17.4 Å². The molecule has 24 heavy (non-hydrogen) atoms. The smallest absolute Gasteiger partial charge is 0.225 e. The second-order valence-electron chi connectivity index (χ2n) is 5.50. The second kappa shape index (κ2) is 6.45. The minimum Gasteiger partial charge on any atom is -0.353 e. The normalized spacial score (nSPS) is 14.9. The van der Waals surface area contributed by atoms with E-state index in [0.29, 0.717) is 5.02 Å². The van der Waals surface area contributed by atoms with Gasteiger partial charge in [0.1, 0.15) is 18.0 Å². The van der Waals surface area contributed by atoms with Gasteiger partial charge in [-0.2, -0.15) is 0 Å². The predicted octanol–water partition coefficient (Wildman–Crippen LogP) is 2.04. The van der Waals surface area contributed by atoms with Crippen molar-refractivity contribution in [2.24, 2.45) is 0 Å². The molecule has 0 atom stereocenters. The molecule has 3 aromatic rings. The fraction of sp³-hybridized carbons (Fsp3) is 0.250. The molecule has 122 valence electrons. The third-order valence-electron chi connectivity index (χ3n) is 3.98. The summed E-state index contributed by atoms with van der Waals surface area (Å²) in [7, 11) is 0. The van der Waals surface area contributed by atoms with Crippen LogP contribution in [0.15, 0.2) is 49.3 Å². The highest BCUT2D eigenvalue weighted by molar-refractivity contribution is 6.30. The minimum atomic E-state index is 0.554. The van der Waals surface area contributed by atoms with E-state index in [1.54, 1.807) is 24.9 Å². The molecule has 7 nitrogen and oxygen atoms in total.